The first-order valence-electron chi connectivity index (χ1n) is 10.9. The maximum atomic E-state index is 13.0. The zero-order valence-corrected chi connectivity index (χ0v) is 18.5. The van der Waals surface area contributed by atoms with Gasteiger partial charge in [0.2, 0.25) is 11.7 Å². The third kappa shape index (κ3) is 3.85. The van der Waals surface area contributed by atoms with Gasteiger partial charge >= 0.3 is 0 Å². The largest absolute Gasteiger partial charge is 0.339 e. The number of para-hydroxylation sites is 1. The van der Waals surface area contributed by atoms with Crippen LogP contribution in [-0.2, 0) is 11.3 Å². The van der Waals surface area contributed by atoms with Crippen molar-refractivity contribution in [3.63, 3.8) is 0 Å². The molecule has 1 aliphatic rings. The third-order valence-electron chi connectivity index (χ3n) is 5.96. The first-order chi connectivity index (χ1) is 14.7. The minimum Gasteiger partial charge on any atom is -0.339 e. The average molecular weight is 428 g/mol. The number of hydrogen-bond donors (Lipinski definition) is 0. The van der Waals surface area contributed by atoms with Crippen LogP contribution in [0.25, 0.3) is 16.7 Å². The Morgan fingerprint density at radius 3 is 2.83 bits per heavy atom. The smallest absolute Gasteiger partial charge is 0.262 e. The highest BCUT2D eigenvalue weighted by Crippen LogP contribution is 2.24. The molecule has 0 N–H and O–H groups in total. The van der Waals surface area contributed by atoms with Gasteiger partial charge in [-0.05, 0) is 44.2 Å². The van der Waals surface area contributed by atoms with Crippen LogP contribution in [0.5, 0.6) is 0 Å². The third-order valence-corrected chi connectivity index (χ3v) is 6.87. The number of amides is 1. The van der Waals surface area contributed by atoms with Crippen molar-refractivity contribution in [2.24, 2.45) is 0 Å². The van der Waals surface area contributed by atoms with Gasteiger partial charge in [-0.1, -0.05) is 44.2 Å². The lowest BCUT2D eigenvalue weighted by atomic mass is 10.0. The van der Waals surface area contributed by atoms with E-state index in [2.05, 4.69) is 24.0 Å². The lowest BCUT2D eigenvalue weighted by molar-refractivity contribution is -0.132. The monoisotopic (exact) mass is 427 g/mol. The number of thioether (sulfide) groups is 1. The van der Waals surface area contributed by atoms with Crippen LogP contribution in [0, 0.1) is 0 Å². The molecule has 1 atom stereocenters. The standard InChI is InChI=1S/C22H29N5O2S/c1-3-5-13-26-20(29)17-11-6-7-12-18(17)27-21(26)23-24-22(27)30-15-19(28)25-14-9-8-10-16(25)4-2/h6-7,11-12,16H,3-5,8-10,13-15H2,1-2H3/t16-/m0/s1. The number of unbranched alkanes of at least 4 members (excludes halogenated alkanes) is 1. The predicted octanol–water partition coefficient (Wildman–Crippen LogP) is 3.73. The van der Waals surface area contributed by atoms with Crippen molar-refractivity contribution >= 4 is 34.3 Å². The molecule has 7 nitrogen and oxygen atoms in total. The zero-order chi connectivity index (χ0) is 21.1. The molecule has 1 fully saturated rings. The van der Waals surface area contributed by atoms with E-state index in [0.29, 0.717) is 34.7 Å². The molecule has 1 aromatic carbocycles. The summed E-state index contributed by atoms with van der Waals surface area (Å²) in [5, 5.41) is 10.00. The lowest BCUT2D eigenvalue weighted by Gasteiger charge is -2.35. The van der Waals surface area contributed by atoms with E-state index in [1.807, 2.05) is 33.6 Å². The van der Waals surface area contributed by atoms with Crippen molar-refractivity contribution in [2.45, 2.75) is 70.1 Å². The highest BCUT2D eigenvalue weighted by atomic mass is 32.2. The van der Waals surface area contributed by atoms with E-state index < -0.39 is 0 Å². The van der Waals surface area contributed by atoms with Gasteiger partial charge in [0, 0.05) is 19.1 Å². The second kappa shape index (κ2) is 9.20. The van der Waals surface area contributed by atoms with Gasteiger partial charge in [-0.3, -0.25) is 18.6 Å². The van der Waals surface area contributed by atoms with E-state index >= 15 is 0 Å². The van der Waals surface area contributed by atoms with Crippen LogP contribution in [0.15, 0.2) is 34.2 Å². The summed E-state index contributed by atoms with van der Waals surface area (Å²) in [5.74, 6) is 1.04. The van der Waals surface area contributed by atoms with Crippen molar-refractivity contribution in [1.29, 1.82) is 0 Å². The molecule has 30 heavy (non-hydrogen) atoms. The summed E-state index contributed by atoms with van der Waals surface area (Å²) in [5.41, 5.74) is 0.750. The normalized spacial score (nSPS) is 17.1. The summed E-state index contributed by atoms with van der Waals surface area (Å²) in [6.07, 6.45) is 6.26. The first kappa shape index (κ1) is 20.9. The maximum Gasteiger partial charge on any atom is 0.262 e. The number of hydrogen-bond acceptors (Lipinski definition) is 5. The SMILES string of the molecule is CCCCn1c(=O)c2ccccc2n2c(SCC(=O)N3CCCC[C@@H]3CC)nnc12. The number of benzene rings is 1. The van der Waals surface area contributed by atoms with E-state index in [9.17, 15) is 9.59 Å². The molecule has 3 aromatic rings. The Balaban J connectivity index is 1.67. The Bertz CT molecular complexity index is 1110. The van der Waals surface area contributed by atoms with Crippen molar-refractivity contribution in [3.8, 4) is 0 Å². The number of nitrogens with zero attached hydrogens (tertiary/aromatic N) is 5. The molecule has 0 bridgehead atoms. The molecule has 1 amide bonds. The fraction of sp³-hybridized carbons (Fsp3) is 0.545. The Kier molecular flexibility index (Phi) is 6.41. The summed E-state index contributed by atoms with van der Waals surface area (Å²) in [7, 11) is 0. The van der Waals surface area contributed by atoms with Gasteiger partial charge in [-0.25, -0.2) is 0 Å². The van der Waals surface area contributed by atoms with Gasteiger partial charge in [0.05, 0.1) is 16.7 Å². The summed E-state index contributed by atoms with van der Waals surface area (Å²) < 4.78 is 3.64. The molecular weight excluding hydrogens is 398 g/mol. The zero-order valence-electron chi connectivity index (χ0n) is 17.7. The molecule has 0 saturated carbocycles. The average Bonchev–Trinajstić information content (AvgIpc) is 3.21. The minimum atomic E-state index is -0.0364. The minimum absolute atomic E-state index is 0.0364. The maximum absolute atomic E-state index is 13.0. The van der Waals surface area contributed by atoms with Crippen molar-refractivity contribution in [3.05, 3.63) is 34.6 Å². The molecular formula is C22H29N5O2S. The Morgan fingerprint density at radius 2 is 2.03 bits per heavy atom. The lowest BCUT2D eigenvalue weighted by Crippen LogP contribution is -2.44. The number of carbonyl (C=O) groups is 1. The van der Waals surface area contributed by atoms with Crippen molar-refractivity contribution in [2.75, 3.05) is 12.3 Å². The number of carbonyl (C=O) groups excluding carboxylic acids is 1. The second-order valence-electron chi connectivity index (χ2n) is 7.88. The van der Waals surface area contributed by atoms with Gasteiger partial charge in [-0.15, -0.1) is 10.2 Å². The fourth-order valence-corrected chi connectivity index (χ4v) is 5.13. The molecule has 0 unspecified atom stereocenters. The number of aromatic nitrogens is 4. The van der Waals surface area contributed by atoms with Crippen LogP contribution >= 0.6 is 11.8 Å². The Labute approximate surface area is 180 Å². The Hall–Kier alpha value is -2.35. The number of aryl methyl sites for hydroxylation is 1. The van der Waals surface area contributed by atoms with Crippen LogP contribution in [0.4, 0.5) is 0 Å². The summed E-state index contributed by atoms with van der Waals surface area (Å²) in [6, 6.07) is 7.90. The van der Waals surface area contributed by atoms with Gasteiger partial charge in [-0.2, -0.15) is 0 Å². The molecule has 0 aliphatic carbocycles. The molecule has 0 radical (unpaired) electrons. The second-order valence-corrected chi connectivity index (χ2v) is 8.82. The van der Waals surface area contributed by atoms with Crippen LogP contribution < -0.4 is 5.56 Å². The molecule has 0 spiro atoms. The molecule has 2 aromatic heterocycles. The first-order valence-corrected chi connectivity index (χ1v) is 11.9. The number of likely N-dealkylation sites (tertiary alicyclic amines) is 1. The van der Waals surface area contributed by atoms with E-state index in [1.54, 1.807) is 4.57 Å². The number of fused-ring (bicyclic) bond motifs is 3. The summed E-state index contributed by atoms with van der Waals surface area (Å²) in [4.78, 5) is 28.0. The van der Waals surface area contributed by atoms with E-state index in [-0.39, 0.29) is 11.5 Å². The van der Waals surface area contributed by atoms with E-state index in [0.717, 1.165) is 44.2 Å². The molecule has 1 aliphatic heterocycles. The van der Waals surface area contributed by atoms with Crippen molar-refractivity contribution < 1.29 is 4.79 Å². The summed E-state index contributed by atoms with van der Waals surface area (Å²) >= 11 is 1.41. The van der Waals surface area contributed by atoms with Crippen molar-refractivity contribution in [1.82, 2.24) is 24.1 Å². The van der Waals surface area contributed by atoms with Gasteiger partial charge in [0.25, 0.3) is 5.56 Å². The highest BCUT2D eigenvalue weighted by Gasteiger charge is 2.26. The highest BCUT2D eigenvalue weighted by molar-refractivity contribution is 7.99. The van der Waals surface area contributed by atoms with Crippen LogP contribution in [0.1, 0.15) is 52.4 Å². The molecule has 1 saturated heterocycles. The molecule has 3 heterocycles. The molecule has 8 heteroatoms. The quantitative estimate of drug-likeness (QED) is 0.537. The molecule has 160 valence electrons. The number of piperidine rings is 1. The van der Waals surface area contributed by atoms with Crippen LogP contribution in [-0.4, -0.2) is 48.3 Å². The Morgan fingerprint density at radius 1 is 1.20 bits per heavy atom. The van der Waals surface area contributed by atoms with Gasteiger partial charge in [0.15, 0.2) is 5.16 Å². The topological polar surface area (TPSA) is 72.5 Å². The van der Waals surface area contributed by atoms with E-state index in [4.69, 9.17) is 0 Å². The van der Waals surface area contributed by atoms with Crippen LogP contribution in [0.3, 0.4) is 0 Å². The van der Waals surface area contributed by atoms with Crippen LogP contribution in [0.2, 0.25) is 0 Å². The fourth-order valence-electron chi connectivity index (χ4n) is 4.31. The van der Waals surface area contributed by atoms with E-state index in [1.165, 1.54) is 18.2 Å². The molecule has 4 rings (SSSR count). The van der Waals surface area contributed by atoms with Gasteiger partial charge < -0.3 is 4.90 Å². The number of rotatable bonds is 7. The summed E-state index contributed by atoms with van der Waals surface area (Å²) in [6.45, 7) is 5.70. The van der Waals surface area contributed by atoms with Gasteiger partial charge in [0.1, 0.15) is 0 Å². The predicted molar refractivity (Wildman–Crippen MR) is 120 cm³/mol.